The van der Waals surface area contributed by atoms with E-state index < -0.39 is 40.5 Å². The van der Waals surface area contributed by atoms with Gasteiger partial charge in [-0.25, -0.2) is 0 Å². The standard InChI is InChI=1S/C30H46O6/c1-17-9-12-30(24(34)35)14-13-27(4)18(22(30)29(17,6)36)7-8-21-25(2)15-19(32)23(33)26(3,16-31)20(25)10-11-28(21,27)5/h7,16-17,19-23,32-33,36H,8-15H2,1-6H3,(H,34,35)/t17-,19-,20-,21-,22-,23-,25+,26+,27-,28-,29-,30+/m1/s1. The van der Waals surface area contributed by atoms with E-state index in [-0.39, 0.29) is 34.0 Å². The summed E-state index contributed by atoms with van der Waals surface area (Å²) in [5, 5.41) is 44.2. The predicted molar refractivity (Wildman–Crippen MR) is 136 cm³/mol. The first kappa shape index (κ1) is 26.4. The second-order valence-corrected chi connectivity index (χ2v) is 14.6. The summed E-state index contributed by atoms with van der Waals surface area (Å²) in [5.74, 6) is -1.04. The van der Waals surface area contributed by atoms with Crippen molar-refractivity contribution in [2.24, 2.45) is 50.7 Å². The van der Waals surface area contributed by atoms with Crippen molar-refractivity contribution in [1.82, 2.24) is 0 Å². The highest BCUT2D eigenvalue weighted by molar-refractivity contribution is 5.77. The number of aliphatic hydroxyl groups is 3. The third-order valence-corrected chi connectivity index (χ3v) is 13.4. The molecule has 0 amide bonds. The van der Waals surface area contributed by atoms with Gasteiger partial charge in [0.25, 0.3) is 0 Å². The first-order valence-electron chi connectivity index (χ1n) is 14.0. The monoisotopic (exact) mass is 502 g/mol. The summed E-state index contributed by atoms with van der Waals surface area (Å²) in [4.78, 5) is 25.2. The Balaban J connectivity index is 1.65. The van der Waals surface area contributed by atoms with Crippen LogP contribution in [0.1, 0.15) is 92.9 Å². The van der Waals surface area contributed by atoms with Crippen molar-refractivity contribution in [2.75, 3.05) is 0 Å². The first-order valence-corrected chi connectivity index (χ1v) is 14.0. The minimum atomic E-state index is -1.10. The summed E-state index contributed by atoms with van der Waals surface area (Å²) >= 11 is 0. The van der Waals surface area contributed by atoms with Crippen molar-refractivity contribution in [3.63, 3.8) is 0 Å². The molecule has 0 spiro atoms. The minimum absolute atomic E-state index is 0.0142. The van der Waals surface area contributed by atoms with Gasteiger partial charge in [-0.2, -0.15) is 0 Å². The molecule has 0 saturated heterocycles. The average Bonchev–Trinajstić information content (AvgIpc) is 2.80. The van der Waals surface area contributed by atoms with E-state index in [0.717, 1.165) is 37.5 Å². The minimum Gasteiger partial charge on any atom is -0.481 e. The van der Waals surface area contributed by atoms with E-state index in [9.17, 15) is 30.0 Å². The largest absolute Gasteiger partial charge is 0.481 e. The smallest absolute Gasteiger partial charge is 0.310 e. The van der Waals surface area contributed by atoms with E-state index >= 15 is 0 Å². The Bertz CT molecular complexity index is 1000. The van der Waals surface area contributed by atoms with Gasteiger partial charge >= 0.3 is 5.97 Å². The number of rotatable bonds is 2. The molecule has 0 radical (unpaired) electrons. The lowest BCUT2D eigenvalue weighted by molar-refractivity contribution is -0.234. The molecule has 5 aliphatic rings. The third kappa shape index (κ3) is 2.85. The Hall–Kier alpha value is -1.24. The highest BCUT2D eigenvalue weighted by atomic mass is 16.4. The molecule has 0 aliphatic heterocycles. The maximum atomic E-state index is 12.8. The fourth-order valence-corrected chi connectivity index (χ4v) is 10.9. The second kappa shape index (κ2) is 7.66. The van der Waals surface area contributed by atoms with E-state index in [0.29, 0.717) is 25.7 Å². The molecule has 0 aromatic rings. The van der Waals surface area contributed by atoms with Crippen molar-refractivity contribution in [3.05, 3.63) is 11.6 Å². The van der Waals surface area contributed by atoms with Crippen LogP contribution in [0.5, 0.6) is 0 Å². The van der Waals surface area contributed by atoms with E-state index in [2.05, 4.69) is 26.8 Å². The lowest BCUT2D eigenvalue weighted by Gasteiger charge is -2.71. The first-order chi connectivity index (χ1) is 16.6. The fraction of sp³-hybridized carbons (Fsp3) is 0.867. The number of hydrogen-bond donors (Lipinski definition) is 4. The molecule has 0 aromatic heterocycles. The third-order valence-electron chi connectivity index (χ3n) is 13.4. The van der Waals surface area contributed by atoms with E-state index in [1.54, 1.807) is 0 Å². The highest BCUT2D eigenvalue weighted by Gasteiger charge is 2.72. The molecule has 0 aromatic carbocycles. The normalized spacial score (nSPS) is 58.4. The molecule has 36 heavy (non-hydrogen) atoms. The molecule has 202 valence electrons. The number of carbonyl (C=O) groups excluding carboxylic acids is 1. The van der Waals surface area contributed by atoms with Crippen LogP contribution in [0.3, 0.4) is 0 Å². The summed E-state index contributed by atoms with van der Waals surface area (Å²) in [5.41, 5.74) is -2.70. The molecule has 6 nitrogen and oxygen atoms in total. The number of carboxylic acids is 1. The topological polar surface area (TPSA) is 115 Å². The number of aldehydes is 1. The van der Waals surface area contributed by atoms with Crippen molar-refractivity contribution in [3.8, 4) is 0 Å². The van der Waals surface area contributed by atoms with Crippen LogP contribution < -0.4 is 0 Å². The molecule has 0 unspecified atom stereocenters. The van der Waals surface area contributed by atoms with Gasteiger partial charge in [0.2, 0.25) is 0 Å². The van der Waals surface area contributed by atoms with Gasteiger partial charge in [-0.05, 0) is 92.3 Å². The molecule has 4 saturated carbocycles. The SMILES string of the molecule is C[C@@H]1CC[C@]2(C(=O)O)CC[C@]3(C)C(=CC[C@@H]4[C@@]5(C)C[C@@H](O)[C@@H](O)[C@@](C)(C=O)[C@@H]5CC[C@]43C)[C@@H]2[C@]1(C)O. The van der Waals surface area contributed by atoms with Gasteiger partial charge in [-0.1, -0.05) is 46.3 Å². The summed E-state index contributed by atoms with van der Waals surface area (Å²) in [6.07, 6.45) is 6.60. The summed E-state index contributed by atoms with van der Waals surface area (Å²) < 4.78 is 0. The van der Waals surface area contributed by atoms with Crippen molar-refractivity contribution in [1.29, 1.82) is 0 Å². The van der Waals surface area contributed by atoms with Crippen LogP contribution in [0.2, 0.25) is 0 Å². The molecular weight excluding hydrogens is 456 g/mol. The maximum Gasteiger partial charge on any atom is 0.310 e. The van der Waals surface area contributed by atoms with Crippen LogP contribution in [0, 0.1) is 50.7 Å². The van der Waals surface area contributed by atoms with Gasteiger partial charge < -0.3 is 25.2 Å². The van der Waals surface area contributed by atoms with Gasteiger partial charge in [0, 0.05) is 5.92 Å². The zero-order valence-corrected chi connectivity index (χ0v) is 22.9. The molecule has 4 N–H and O–H groups in total. The Kier molecular flexibility index (Phi) is 5.61. The molecule has 4 fully saturated rings. The molecule has 5 rings (SSSR count). The van der Waals surface area contributed by atoms with Crippen LogP contribution in [-0.2, 0) is 9.59 Å². The number of allylic oxidation sites excluding steroid dienone is 1. The van der Waals surface area contributed by atoms with E-state index in [1.165, 1.54) is 0 Å². The van der Waals surface area contributed by atoms with Gasteiger partial charge in [0.05, 0.1) is 28.6 Å². The van der Waals surface area contributed by atoms with E-state index in [1.807, 2.05) is 20.8 Å². The maximum absolute atomic E-state index is 12.8. The number of aliphatic hydroxyl groups excluding tert-OH is 2. The van der Waals surface area contributed by atoms with Gasteiger partial charge in [-0.3, -0.25) is 4.79 Å². The Labute approximate surface area is 215 Å². The molecule has 5 aliphatic carbocycles. The van der Waals surface area contributed by atoms with Crippen LogP contribution in [0.15, 0.2) is 11.6 Å². The van der Waals surface area contributed by atoms with E-state index in [4.69, 9.17) is 0 Å². The average molecular weight is 503 g/mol. The van der Waals surface area contributed by atoms with Crippen molar-refractivity contribution >= 4 is 12.3 Å². The van der Waals surface area contributed by atoms with Crippen LogP contribution in [0.25, 0.3) is 0 Å². The van der Waals surface area contributed by atoms with Gasteiger partial charge in [-0.15, -0.1) is 0 Å². The van der Waals surface area contributed by atoms with Gasteiger partial charge in [0.1, 0.15) is 6.29 Å². The molecular formula is C30H46O6. The van der Waals surface area contributed by atoms with Crippen molar-refractivity contribution in [2.45, 2.75) is 111 Å². The second-order valence-electron chi connectivity index (χ2n) is 14.6. The zero-order chi connectivity index (χ0) is 26.7. The van der Waals surface area contributed by atoms with Crippen LogP contribution in [-0.4, -0.2) is 50.5 Å². The number of fused-ring (bicyclic) bond motifs is 7. The lowest BCUT2D eigenvalue weighted by Crippen LogP contribution is -2.69. The van der Waals surface area contributed by atoms with Gasteiger partial charge in [0.15, 0.2) is 0 Å². The summed E-state index contributed by atoms with van der Waals surface area (Å²) in [6.45, 7) is 12.6. The van der Waals surface area contributed by atoms with Crippen LogP contribution in [0.4, 0.5) is 0 Å². The highest BCUT2D eigenvalue weighted by Crippen LogP contribution is 2.76. The van der Waals surface area contributed by atoms with Crippen molar-refractivity contribution < 1.29 is 30.0 Å². The lowest BCUT2D eigenvalue weighted by atomic mass is 9.33. The predicted octanol–water partition coefficient (Wildman–Crippen LogP) is 4.35. The summed E-state index contributed by atoms with van der Waals surface area (Å²) in [6, 6.07) is 0. The number of hydrogen-bond acceptors (Lipinski definition) is 5. The molecule has 6 heteroatoms. The number of carboxylic acid groups (broad SMARTS) is 1. The summed E-state index contributed by atoms with van der Waals surface area (Å²) in [7, 11) is 0. The quantitative estimate of drug-likeness (QED) is 0.330. The Morgan fingerprint density at radius 2 is 1.67 bits per heavy atom. The fourth-order valence-electron chi connectivity index (χ4n) is 10.9. The number of carbonyl (C=O) groups is 2. The van der Waals surface area contributed by atoms with Crippen LogP contribution >= 0.6 is 0 Å². The zero-order valence-electron chi connectivity index (χ0n) is 22.9. The Morgan fingerprint density at radius 1 is 1.00 bits per heavy atom. The molecule has 12 atom stereocenters. The Morgan fingerprint density at radius 3 is 2.28 bits per heavy atom. The number of aliphatic carboxylic acids is 1. The molecule has 0 heterocycles. The molecule has 0 bridgehead atoms.